The summed E-state index contributed by atoms with van der Waals surface area (Å²) in [5.41, 5.74) is 1.32. The van der Waals surface area contributed by atoms with Crippen LogP contribution in [0.3, 0.4) is 0 Å². The summed E-state index contributed by atoms with van der Waals surface area (Å²) in [5, 5.41) is 0. The van der Waals surface area contributed by atoms with Gasteiger partial charge in [-0.1, -0.05) is 48.6 Å². The van der Waals surface area contributed by atoms with Crippen LogP contribution in [0.15, 0.2) is 54.2 Å². The first-order chi connectivity index (χ1) is 5.47. The molecule has 0 aromatic carbocycles. The Hall–Kier alpha value is -1.30. The monoisotopic (exact) mass is 141 g/mol. The van der Waals surface area contributed by atoms with Gasteiger partial charge in [0.1, 0.15) is 0 Å². The van der Waals surface area contributed by atoms with E-state index in [-0.39, 0.29) is 0 Å². The van der Waals surface area contributed by atoms with Gasteiger partial charge in [-0.15, -0.1) is 0 Å². The Labute approximate surface area is 66.9 Å². The fraction of sp³-hybridized carbons (Fsp3) is 0.0909. The number of rotatable bonds is 0. The molecule has 1 atom stereocenters. The summed E-state index contributed by atoms with van der Waals surface area (Å²) in [6, 6.07) is 0. The molecule has 0 aromatic heterocycles. The SMILES string of the molecule is [C]1=CC2=CC=CC=CC2C=C1. The number of hydrogen-bond donors (Lipinski definition) is 0. The summed E-state index contributed by atoms with van der Waals surface area (Å²) < 4.78 is 0. The molecule has 0 bridgehead atoms. The Morgan fingerprint density at radius 3 is 3.09 bits per heavy atom. The smallest absolute Gasteiger partial charge is 0.0205 e. The lowest BCUT2D eigenvalue weighted by atomic mass is 9.95. The predicted octanol–water partition coefficient (Wildman–Crippen LogP) is 2.58. The molecule has 53 valence electrons. The van der Waals surface area contributed by atoms with E-state index in [0.717, 1.165) is 0 Å². The van der Waals surface area contributed by atoms with Crippen molar-refractivity contribution in [1.29, 1.82) is 0 Å². The van der Waals surface area contributed by atoms with Gasteiger partial charge in [0, 0.05) is 5.92 Å². The van der Waals surface area contributed by atoms with Crippen molar-refractivity contribution in [2.24, 2.45) is 5.92 Å². The molecular formula is C11H9. The third-order valence-corrected chi connectivity index (χ3v) is 1.86. The van der Waals surface area contributed by atoms with Gasteiger partial charge < -0.3 is 0 Å². The van der Waals surface area contributed by atoms with Crippen molar-refractivity contribution in [2.75, 3.05) is 0 Å². The largest absolute Gasteiger partial charge is 0.0732 e. The van der Waals surface area contributed by atoms with Crippen LogP contribution in [0.4, 0.5) is 0 Å². The van der Waals surface area contributed by atoms with Crippen LogP contribution in [-0.4, -0.2) is 0 Å². The van der Waals surface area contributed by atoms with Crippen LogP contribution in [0.2, 0.25) is 0 Å². The lowest BCUT2D eigenvalue weighted by molar-refractivity contribution is 0.994. The van der Waals surface area contributed by atoms with E-state index in [4.69, 9.17) is 0 Å². The summed E-state index contributed by atoms with van der Waals surface area (Å²) in [6.07, 6.45) is 19.7. The minimum absolute atomic E-state index is 0.464. The quantitative estimate of drug-likeness (QED) is 0.486. The second-order valence-corrected chi connectivity index (χ2v) is 2.63. The zero-order valence-corrected chi connectivity index (χ0v) is 6.20. The van der Waals surface area contributed by atoms with Crippen LogP contribution in [0.1, 0.15) is 0 Å². The second-order valence-electron chi connectivity index (χ2n) is 2.63. The average molecular weight is 141 g/mol. The Balaban J connectivity index is 2.39. The van der Waals surface area contributed by atoms with E-state index in [0.29, 0.717) is 5.92 Å². The summed E-state index contributed by atoms with van der Waals surface area (Å²) in [6.45, 7) is 0. The van der Waals surface area contributed by atoms with Crippen molar-refractivity contribution in [3.05, 3.63) is 60.3 Å². The standard InChI is InChI=1S/C11H9/c1-2-6-10-8-4-5-9-11(10)7-3-1/h1-4,6-10H. The van der Waals surface area contributed by atoms with Crippen LogP contribution in [0, 0.1) is 12.0 Å². The fourth-order valence-corrected chi connectivity index (χ4v) is 1.26. The van der Waals surface area contributed by atoms with Crippen LogP contribution < -0.4 is 0 Å². The molecule has 0 nitrogen and oxygen atoms in total. The van der Waals surface area contributed by atoms with E-state index in [1.807, 2.05) is 18.2 Å². The maximum atomic E-state index is 3.07. The summed E-state index contributed by atoms with van der Waals surface area (Å²) in [4.78, 5) is 0. The van der Waals surface area contributed by atoms with E-state index in [1.165, 1.54) is 5.57 Å². The highest BCUT2D eigenvalue weighted by molar-refractivity contribution is 5.39. The minimum Gasteiger partial charge on any atom is -0.0732 e. The number of fused-ring (bicyclic) bond motifs is 1. The zero-order valence-electron chi connectivity index (χ0n) is 6.20. The zero-order chi connectivity index (χ0) is 7.52. The first-order valence-corrected chi connectivity index (χ1v) is 3.78. The van der Waals surface area contributed by atoms with Crippen molar-refractivity contribution >= 4 is 0 Å². The van der Waals surface area contributed by atoms with Gasteiger partial charge in [0.25, 0.3) is 0 Å². The van der Waals surface area contributed by atoms with E-state index in [9.17, 15) is 0 Å². The van der Waals surface area contributed by atoms with Crippen LogP contribution in [-0.2, 0) is 0 Å². The molecule has 0 saturated heterocycles. The molecule has 0 saturated carbocycles. The molecule has 0 amide bonds. The number of allylic oxidation sites excluding steroid dienone is 10. The fourth-order valence-electron chi connectivity index (χ4n) is 1.26. The van der Waals surface area contributed by atoms with Gasteiger partial charge >= 0.3 is 0 Å². The summed E-state index contributed by atoms with van der Waals surface area (Å²) in [7, 11) is 0. The maximum absolute atomic E-state index is 3.07. The first kappa shape index (κ1) is 6.41. The topological polar surface area (TPSA) is 0 Å². The molecule has 0 aromatic rings. The van der Waals surface area contributed by atoms with E-state index < -0.39 is 0 Å². The van der Waals surface area contributed by atoms with E-state index in [2.05, 4.69) is 36.5 Å². The highest BCUT2D eigenvalue weighted by atomic mass is 14.1. The molecule has 1 radical (unpaired) electrons. The lowest BCUT2D eigenvalue weighted by Gasteiger charge is -2.10. The summed E-state index contributed by atoms with van der Waals surface area (Å²) >= 11 is 0. The Kier molecular flexibility index (Phi) is 1.60. The first-order valence-electron chi connectivity index (χ1n) is 3.78. The Bertz CT molecular complexity index is 285. The van der Waals surface area contributed by atoms with Gasteiger partial charge in [-0.25, -0.2) is 0 Å². The van der Waals surface area contributed by atoms with E-state index >= 15 is 0 Å². The molecule has 0 heteroatoms. The van der Waals surface area contributed by atoms with Crippen molar-refractivity contribution in [2.45, 2.75) is 0 Å². The molecule has 0 N–H and O–H groups in total. The van der Waals surface area contributed by atoms with Gasteiger partial charge in [0.05, 0.1) is 0 Å². The molecule has 2 aliphatic rings. The van der Waals surface area contributed by atoms with Crippen LogP contribution >= 0.6 is 0 Å². The van der Waals surface area contributed by atoms with Gasteiger partial charge in [-0.2, -0.15) is 0 Å². The maximum Gasteiger partial charge on any atom is 0.0205 e. The lowest BCUT2D eigenvalue weighted by Crippen LogP contribution is -1.96. The highest BCUT2D eigenvalue weighted by Crippen LogP contribution is 2.21. The van der Waals surface area contributed by atoms with Crippen molar-refractivity contribution in [1.82, 2.24) is 0 Å². The molecular weight excluding hydrogens is 132 g/mol. The minimum atomic E-state index is 0.464. The Morgan fingerprint density at radius 1 is 1.09 bits per heavy atom. The Morgan fingerprint density at radius 2 is 2.09 bits per heavy atom. The molecule has 2 rings (SSSR count). The molecule has 0 spiro atoms. The third-order valence-electron chi connectivity index (χ3n) is 1.86. The van der Waals surface area contributed by atoms with Crippen LogP contribution in [0.5, 0.6) is 0 Å². The van der Waals surface area contributed by atoms with Crippen molar-refractivity contribution < 1.29 is 0 Å². The molecule has 11 heavy (non-hydrogen) atoms. The normalized spacial score (nSPS) is 26.2. The molecule has 0 aliphatic heterocycles. The molecule has 2 aliphatic carbocycles. The van der Waals surface area contributed by atoms with Gasteiger partial charge in [0.2, 0.25) is 0 Å². The molecule has 0 fully saturated rings. The third kappa shape index (κ3) is 1.25. The van der Waals surface area contributed by atoms with E-state index in [1.54, 1.807) is 0 Å². The van der Waals surface area contributed by atoms with Crippen LogP contribution in [0.25, 0.3) is 0 Å². The van der Waals surface area contributed by atoms with Crippen molar-refractivity contribution in [3.63, 3.8) is 0 Å². The molecule has 1 unspecified atom stereocenters. The predicted molar refractivity (Wildman–Crippen MR) is 46.8 cm³/mol. The highest BCUT2D eigenvalue weighted by Gasteiger charge is 2.06. The summed E-state index contributed by atoms with van der Waals surface area (Å²) in [5.74, 6) is 0.464. The molecule has 0 heterocycles. The van der Waals surface area contributed by atoms with Gasteiger partial charge in [0.15, 0.2) is 0 Å². The van der Waals surface area contributed by atoms with Crippen molar-refractivity contribution in [3.8, 4) is 0 Å². The number of hydrogen-bond acceptors (Lipinski definition) is 0. The average Bonchev–Trinajstić information content (AvgIpc) is 2.28. The van der Waals surface area contributed by atoms with Gasteiger partial charge in [-0.3, -0.25) is 0 Å². The van der Waals surface area contributed by atoms with Gasteiger partial charge in [-0.05, 0) is 11.6 Å². The second kappa shape index (κ2) is 2.75.